The number of ether oxygens (including phenoxy) is 1. The molecule has 1 aliphatic heterocycles. The molecule has 0 aromatic heterocycles. The van der Waals surface area contributed by atoms with Crippen LogP contribution in [0.4, 0.5) is 10.1 Å². The number of nitrogens with zero attached hydrogens (tertiary/aromatic N) is 1. The van der Waals surface area contributed by atoms with Gasteiger partial charge in [-0.15, -0.1) is 24.8 Å². The maximum Gasteiger partial charge on any atom is 0.123 e. The zero-order chi connectivity index (χ0) is 16.1. The lowest BCUT2D eigenvalue weighted by atomic mass is 9.99. The van der Waals surface area contributed by atoms with Crippen LogP contribution < -0.4 is 10.5 Å². The van der Waals surface area contributed by atoms with Crippen molar-refractivity contribution in [2.45, 2.75) is 6.42 Å². The Kier molecular flexibility index (Phi) is 8.76. The highest BCUT2D eigenvalue weighted by Crippen LogP contribution is 2.22. The molecule has 3 nitrogen and oxygen atoms in total. The van der Waals surface area contributed by atoms with Crippen molar-refractivity contribution in [2.75, 3.05) is 32.0 Å². The van der Waals surface area contributed by atoms with Crippen molar-refractivity contribution in [2.24, 2.45) is 0 Å². The maximum absolute atomic E-state index is 13.0. The van der Waals surface area contributed by atoms with Gasteiger partial charge in [-0.1, -0.05) is 18.2 Å². The predicted octanol–water partition coefficient (Wildman–Crippen LogP) is 4.42. The van der Waals surface area contributed by atoms with Crippen molar-refractivity contribution in [1.29, 1.82) is 0 Å². The molecule has 1 aliphatic rings. The summed E-state index contributed by atoms with van der Waals surface area (Å²) in [5.41, 5.74) is 8.80. The van der Waals surface area contributed by atoms with Gasteiger partial charge in [0.15, 0.2) is 0 Å². The van der Waals surface area contributed by atoms with Gasteiger partial charge in [0.05, 0.1) is 0 Å². The van der Waals surface area contributed by atoms with Gasteiger partial charge in [-0.25, -0.2) is 4.39 Å². The standard InChI is InChI=1S/C19H21FN2O.2ClH/c20-17-3-1-15(2-4-17)16-9-11-22(12-10-16)13-14-23-19-7-5-18(21)6-8-19;;/h1-9H,10-14,21H2;2*1H. The Morgan fingerprint density at radius 1 is 1.00 bits per heavy atom. The van der Waals surface area contributed by atoms with Gasteiger partial charge in [0.2, 0.25) is 0 Å². The lowest BCUT2D eigenvalue weighted by molar-refractivity contribution is 0.222. The van der Waals surface area contributed by atoms with Crippen LogP contribution in [0.25, 0.3) is 5.57 Å². The minimum Gasteiger partial charge on any atom is -0.492 e. The van der Waals surface area contributed by atoms with Crippen LogP contribution in [0.2, 0.25) is 0 Å². The fraction of sp³-hybridized carbons (Fsp3) is 0.263. The van der Waals surface area contributed by atoms with Gasteiger partial charge in [0.1, 0.15) is 18.2 Å². The highest BCUT2D eigenvalue weighted by atomic mass is 35.5. The molecule has 1 heterocycles. The molecule has 0 atom stereocenters. The molecule has 25 heavy (non-hydrogen) atoms. The van der Waals surface area contributed by atoms with Crippen molar-refractivity contribution < 1.29 is 9.13 Å². The van der Waals surface area contributed by atoms with Gasteiger partial charge in [0, 0.05) is 25.3 Å². The molecule has 2 aromatic carbocycles. The molecule has 136 valence electrons. The molecule has 0 fully saturated rings. The number of hydrogen-bond donors (Lipinski definition) is 1. The van der Waals surface area contributed by atoms with Gasteiger partial charge < -0.3 is 10.5 Å². The summed E-state index contributed by atoms with van der Waals surface area (Å²) in [7, 11) is 0. The summed E-state index contributed by atoms with van der Waals surface area (Å²) in [6.07, 6.45) is 3.20. The number of anilines is 1. The van der Waals surface area contributed by atoms with E-state index in [1.165, 1.54) is 17.7 Å². The summed E-state index contributed by atoms with van der Waals surface area (Å²) in [6.45, 7) is 3.44. The van der Waals surface area contributed by atoms with Crippen LogP contribution in [-0.4, -0.2) is 31.1 Å². The molecule has 0 spiro atoms. The SMILES string of the molecule is Cl.Cl.Nc1ccc(OCCN2CC=C(c3ccc(F)cc3)CC2)cc1. The van der Waals surface area contributed by atoms with E-state index in [1.807, 2.05) is 36.4 Å². The molecule has 0 bridgehead atoms. The fourth-order valence-corrected chi connectivity index (χ4v) is 2.70. The van der Waals surface area contributed by atoms with Crippen molar-refractivity contribution in [1.82, 2.24) is 4.90 Å². The highest BCUT2D eigenvalue weighted by molar-refractivity contribution is 5.85. The summed E-state index contributed by atoms with van der Waals surface area (Å²) in [5, 5.41) is 0. The first-order valence-electron chi connectivity index (χ1n) is 7.86. The van der Waals surface area contributed by atoms with Crippen LogP contribution in [0.5, 0.6) is 5.75 Å². The molecular weight excluding hydrogens is 362 g/mol. The van der Waals surface area contributed by atoms with E-state index in [0.29, 0.717) is 6.61 Å². The third-order valence-electron chi connectivity index (χ3n) is 4.06. The fourth-order valence-electron chi connectivity index (χ4n) is 2.70. The number of halogens is 3. The molecule has 0 unspecified atom stereocenters. The Balaban J connectivity index is 0.00000156. The van der Waals surface area contributed by atoms with Crippen molar-refractivity contribution in [3.05, 3.63) is 66.0 Å². The van der Waals surface area contributed by atoms with Gasteiger partial charge in [-0.05, 0) is 54.0 Å². The lowest BCUT2D eigenvalue weighted by Crippen LogP contribution is -2.32. The van der Waals surface area contributed by atoms with Gasteiger partial charge in [0.25, 0.3) is 0 Å². The predicted molar refractivity (Wildman–Crippen MR) is 106 cm³/mol. The Labute approximate surface area is 160 Å². The molecule has 0 saturated heterocycles. The number of hydrogen-bond acceptors (Lipinski definition) is 3. The molecule has 2 N–H and O–H groups in total. The number of nitrogen functional groups attached to an aromatic ring is 1. The van der Waals surface area contributed by atoms with Crippen LogP contribution in [-0.2, 0) is 0 Å². The van der Waals surface area contributed by atoms with Crippen molar-refractivity contribution in [3.63, 3.8) is 0 Å². The molecule has 0 amide bonds. The Hall–Kier alpha value is -1.75. The van der Waals surface area contributed by atoms with Gasteiger partial charge in [-0.2, -0.15) is 0 Å². The molecule has 6 heteroatoms. The molecule has 0 radical (unpaired) electrons. The smallest absolute Gasteiger partial charge is 0.123 e. The van der Waals surface area contributed by atoms with Gasteiger partial charge in [-0.3, -0.25) is 4.90 Å². The quantitative estimate of drug-likeness (QED) is 0.775. The van der Waals surface area contributed by atoms with Crippen LogP contribution in [0, 0.1) is 5.82 Å². The summed E-state index contributed by atoms with van der Waals surface area (Å²) in [5.74, 6) is 0.658. The third kappa shape index (κ3) is 6.24. The average Bonchev–Trinajstić information content (AvgIpc) is 2.58. The number of rotatable bonds is 5. The summed E-state index contributed by atoms with van der Waals surface area (Å²) in [4.78, 5) is 2.35. The van der Waals surface area contributed by atoms with E-state index in [9.17, 15) is 4.39 Å². The molecule has 0 aliphatic carbocycles. The number of nitrogens with two attached hydrogens (primary N) is 1. The summed E-state index contributed by atoms with van der Waals surface area (Å²) >= 11 is 0. The zero-order valence-electron chi connectivity index (χ0n) is 13.9. The van der Waals surface area contributed by atoms with Crippen LogP contribution >= 0.6 is 24.8 Å². The third-order valence-corrected chi connectivity index (χ3v) is 4.06. The van der Waals surface area contributed by atoms with Crippen molar-refractivity contribution in [3.8, 4) is 5.75 Å². The monoisotopic (exact) mass is 384 g/mol. The second kappa shape index (κ2) is 10.3. The Bertz CT molecular complexity index is 675. The second-order valence-corrected chi connectivity index (χ2v) is 5.70. The first-order chi connectivity index (χ1) is 11.2. The number of benzene rings is 2. The second-order valence-electron chi connectivity index (χ2n) is 5.70. The molecular formula is C19H23Cl2FN2O. The topological polar surface area (TPSA) is 38.5 Å². The molecule has 3 rings (SSSR count). The summed E-state index contributed by atoms with van der Waals surface area (Å²) < 4.78 is 18.7. The van der Waals surface area contributed by atoms with Gasteiger partial charge >= 0.3 is 0 Å². The van der Waals surface area contributed by atoms with Crippen LogP contribution in [0.1, 0.15) is 12.0 Å². The van der Waals surface area contributed by atoms with E-state index < -0.39 is 0 Å². The van der Waals surface area contributed by atoms with Crippen LogP contribution in [0.15, 0.2) is 54.6 Å². The lowest BCUT2D eigenvalue weighted by Gasteiger charge is -2.26. The Morgan fingerprint density at radius 2 is 1.68 bits per heavy atom. The first-order valence-corrected chi connectivity index (χ1v) is 7.86. The maximum atomic E-state index is 13.0. The zero-order valence-corrected chi connectivity index (χ0v) is 15.5. The normalized spacial score (nSPS) is 14.0. The highest BCUT2D eigenvalue weighted by Gasteiger charge is 2.12. The minimum atomic E-state index is -0.188. The minimum absolute atomic E-state index is 0. The molecule has 2 aromatic rings. The Morgan fingerprint density at radius 3 is 2.28 bits per heavy atom. The van der Waals surface area contributed by atoms with E-state index in [4.69, 9.17) is 10.5 Å². The first kappa shape index (κ1) is 21.3. The van der Waals surface area contributed by atoms with E-state index in [0.717, 1.165) is 43.1 Å². The van der Waals surface area contributed by atoms with E-state index in [1.54, 1.807) is 0 Å². The van der Waals surface area contributed by atoms with E-state index in [2.05, 4.69) is 11.0 Å². The van der Waals surface area contributed by atoms with Crippen LogP contribution in [0.3, 0.4) is 0 Å². The largest absolute Gasteiger partial charge is 0.492 e. The summed E-state index contributed by atoms with van der Waals surface area (Å²) in [6, 6.07) is 14.2. The average molecular weight is 385 g/mol. The van der Waals surface area contributed by atoms with E-state index >= 15 is 0 Å². The van der Waals surface area contributed by atoms with Crippen molar-refractivity contribution >= 4 is 36.1 Å². The van der Waals surface area contributed by atoms with E-state index in [-0.39, 0.29) is 30.6 Å². The molecule has 0 saturated carbocycles.